The largest absolute Gasteiger partial charge is 0.477 e. The molecule has 0 radical (unpaired) electrons. The molecule has 18 atom stereocenters. The number of oxime groups is 1. The first kappa shape index (κ1) is 64.8. The van der Waals surface area contributed by atoms with E-state index in [1.54, 1.807) is 61.5 Å². The molecule has 0 aliphatic carbocycles. The van der Waals surface area contributed by atoms with Crippen LogP contribution in [0.15, 0.2) is 28.3 Å². The molecule has 6 N–H and O–H groups in total. The Kier molecular flexibility index (Phi) is 22.2. The molecule has 0 spiro atoms. The van der Waals surface area contributed by atoms with Crippen molar-refractivity contribution in [3.63, 3.8) is 0 Å². The van der Waals surface area contributed by atoms with Gasteiger partial charge in [-0.25, -0.2) is 9.59 Å². The maximum absolute atomic E-state index is 14.6. The summed E-state index contributed by atoms with van der Waals surface area (Å²) in [7, 11) is 6.59. The summed E-state index contributed by atoms with van der Waals surface area (Å²) in [6.07, 6.45) is -7.81. The van der Waals surface area contributed by atoms with Gasteiger partial charge < -0.3 is 87.8 Å². The number of nitrogens with zero attached hydrogens (tertiary/aromatic N) is 3. The fraction of sp³-hybridized carbons (Fsp3) is 0.772. The number of rotatable bonds is 19. The van der Waals surface area contributed by atoms with E-state index < -0.39 is 119 Å². The number of carbonyl (C=O) groups excluding carboxylic acids is 2. The fourth-order valence-corrected chi connectivity index (χ4v) is 12.4. The Balaban J connectivity index is 1.18. The van der Waals surface area contributed by atoms with Gasteiger partial charge >= 0.3 is 18.0 Å². The molecule has 3 saturated heterocycles. The lowest BCUT2D eigenvalue weighted by Crippen LogP contribution is -2.61. The first-order valence-electron chi connectivity index (χ1n) is 28.1. The van der Waals surface area contributed by atoms with Gasteiger partial charge in [-0.1, -0.05) is 38.9 Å². The number of nitrogens with one attached hydrogen (secondary N) is 1. The van der Waals surface area contributed by atoms with E-state index in [1.807, 2.05) is 30.5 Å². The number of alkyl carbamates (subject to hydrolysis) is 1. The number of hydrogen-bond donors (Lipinski definition) is 6. The molecule has 80 heavy (non-hydrogen) atoms. The topological polar surface area (TPSA) is 294 Å². The van der Waals surface area contributed by atoms with Crippen LogP contribution in [0.25, 0.3) is 10.9 Å². The van der Waals surface area contributed by atoms with Crippen molar-refractivity contribution in [2.75, 3.05) is 54.9 Å². The Morgan fingerprint density at radius 2 is 1.66 bits per heavy atom. The first-order valence-corrected chi connectivity index (χ1v) is 28.1. The van der Waals surface area contributed by atoms with Crippen LogP contribution in [-0.4, -0.2) is 198 Å². The first-order chi connectivity index (χ1) is 37.6. The predicted octanol–water partition coefficient (Wildman–Crippen LogP) is 4.15. The lowest BCUT2D eigenvalue weighted by atomic mass is 9.73. The molecule has 5 heterocycles. The Labute approximate surface area is 469 Å². The van der Waals surface area contributed by atoms with E-state index in [4.69, 9.17) is 47.5 Å². The molecule has 1 aromatic carbocycles. The highest BCUT2D eigenvalue weighted by atomic mass is 16.7. The van der Waals surface area contributed by atoms with Gasteiger partial charge in [0.15, 0.2) is 18.7 Å². The molecule has 1 aromatic heterocycles. The number of aromatic carboxylic acids is 1. The average Bonchev–Trinajstić information content (AvgIpc) is 4.02. The predicted molar refractivity (Wildman–Crippen MR) is 292 cm³/mol. The molecular formula is C57H90N4O19. The smallest absolute Gasteiger partial charge is 0.407 e. The third-order valence-electron chi connectivity index (χ3n) is 16.8. The van der Waals surface area contributed by atoms with E-state index in [0.29, 0.717) is 44.2 Å². The summed E-state index contributed by atoms with van der Waals surface area (Å²) in [5, 5.41) is 65.8. The number of cyclic esters (lactones) is 1. The number of amides is 1. The summed E-state index contributed by atoms with van der Waals surface area (Å²) in [6.45, 7) is 17.8. The normalized spacial score (nSPS) is 36.9. The van der Waals surface area contributed by atoms with Crippen LogP contribution in [-0.2, 0) is 71.7 Å². The molecule has 1 amide bonds. The van der Waals surface area contributed by atoms with Gasteiger partial charge in [-0.15, -0.1) is 0 Å². The number of methoxy groups -OCH3 is 2. The summed E-state index contributed by atoms with van der Waals surface area (Å²) < 4.78 is 57.4. The number of carboxylic acid groups (broad SMARTS) is 1. The van der Waals surface area contributed by atoms with Gasteiger partial charge in [0.25, 0.3) is 0 Å². The molecule has 452 valence electrons. The van der Waals surface area contributed by atoms with E-state index in [-0.39, 0.29) is 62.6 Å². The van der Waals surface area contributed by atoms with Crippen LogP contribution in [0.3, 0.4) is 0 Å². The SMILES string of the molecule is CC[C@H]1OC(=O)[C@H](C)[C@@H](O[C@H]2C[C@@](C)(OC)[C@@H](OC(=O)NCCOCCCc3cc4c5c(c3)c(=O)c(C(=O)O)cn5CC4)[C@H](C)O2)[C@H](C)[C@@H](OC2O[C@H](C)C[C@H](N(C)C)[C@H]2O)[C@](C)(O)C[C@@H](C)C(=NOCOC)[C@H](C)[C@@H](O)[C@]1(C)O. The zero-order valence-corrected chi connectivity index (χ0v) is 49.2. The van der Waals surface area contributed by atoms with Crippen molar-refractivity contribution in [2.24, 2.45) is 28.8 Å². The molecule has 0 saturated carbocycles. The molecule has 3 fully saturated rings. The highest BCUT2D eigenvalue weighted by Gasteiger charge is 2.54. The third kappa shape index (κ3) is 14.7. The van der Waals surface area contributed by atoms with E-state index in [0.717, 1.165) is 16.6 Å². The van der Waals surface area contributed by atoms with Crippen LogP contribution in [0.2, 0.25) is 0 Å². The lowest BCUT2D eigenvalue weighted by molar-refractivity contribution is -0.317. The van der Waals surface area contributed by atoms with E-state index in [1.165, 1.54) is 27.3 Å². The maximum Gasteiger partial charge on any atom is 0.407 e. The Morgan fingerprint density at radius 3 is 2.31 bits per heavy atom. The summed E-state index contributed by atoms with van der Waals surface area (Å²) in [6, 6.07) is 3.44. The monoisotopic (exact) mass is 1130 g/mol. The van der Waals surface area contributed by atoms with Crippen molar-refractivity contribution in [3.05, 3.63) is 45.2 Å². The van der Waals surface area contributed by atoms with Crippen molar-refractivity contribution < 1.29 is 87.4 Å². The number of aryl methyl sites for hydroxylation is 3. The maximum atomic E-state index is 14.6. The molecule has 4 aliphatic rings. The number of aliphatic hydroxyl groups is 4. The number of benzene rings is 1. The lowest BCUT2D eigenvalue weighted by Gasteiger charge is -2.49. The van der Waals surface area contributed by atoms with E-state index >= 15 is 0 Å². The number of esters is 1. The van der Waals surface area contributed by atoms with Gasteiger partial charge in [0.05, 0.1) is 59.9 Å². The highest BCUT2D eigenvalue weighted by Crippen LogP contribution is 2.42. The van der Waals surface area contributed by atoms with Crippen molar-refractivity contribution in [3.8, 4) is 0 Å². The Bertz CT molecular complexity index is 2520. The molecule has 23 heteroatoms. The molecule has 4 aliphatic heterocycles. The quantitative estimate of drug-likeness (QED) is 0.0498. The van der Waals surface area contributed by atoms with E-state index in [2.05, 4.69) is 16.5 Å². The Hall–Kier alpha value is -4.37. The summed E-state index contributed by atoms with van der Waals surface area (Å²) >= 11 is 0. The van der Waals surface area contributed by atoms with Crippen molar-refractivity contribution in [1.82, 2.24) is 14.8 Å². The number of aromatic nitrogens is 1. The average molecular weight is 1140 g/mol. The van der Waals surface area contributed by atoms with Gasteiger partial charge in [-0.3, -0.25) is 9.59 Å². The van der Waals surface area contributed by atoms with Crippen LogP contribution in [0.5, 0.6) is 0 Å². The number of carboxylic acids is 1. The number of likely N-dealkylation sites (N-methyl/N-ethyl adjacent to an activating group) is 1. The second kappa shape index (κ2) is 27.3. The molecule has 1 unspecified atom stereocenters. The zero-order chi connectivity index (χ0) is 59.2. The number of hydrogen-bond acceptors (Lipinski definition) is 20. The second-order valence-corrected chi connectivity index (χ2v) is 23.4. The molecule has 0 bridgehead atoms. The molecule has 6 rings (SSSR count). The summed E-state index contributed by atoms with van der Waals surface area (Å²) in [5.74, 6) is -5.68. The number of pyridine rings is 1. The van der Waals surface area contributed by atoms with Crippen molar-refractivity contribution in [2.45, 2.75) is 205 Å². The van der Waals surface area contributed by atoms with Crippen LogP contribution in [0.1, 0.15) is 123 Å². The van der Waals surface area contributed by atoms with Crippen molar-refractivity contribution >= 4 is 34.6 Å². The fourth-order valence-electron chi connectivity index (χ4n) is 12.4. The van der Waals surface area contributed by atoms with Gasteiger partial charge in [0.2, 0.25) is 12.2 Å². The van der Waals surface area contributed by atoms with Crippen molar-refractivity contribution in [1.29, 1.82) is 0 Å². The number of aliphatic hydroxyl groups excluding tert-OH is 2. The standard InChI is InChI=1S/C57H90N4O19/c1-15-41-57(10,70)48(64)32(4)43(59-74-29-71-13)30(2)26-55(8,69)49(79-53-46(63)40(60(11)12)23-31(3)75-53)33(5)47(34(6)52(67)77-41)78-42-27-56(9,72-14)50(35(7)76-42)80-54(68)58-19-22-73-21-16-17-36-24-37-18-20-61-28-39(51(65)66)45(62)38(25-36)44(37)61/h24-25,28,30-35,40-42,46-50,53,63-64,69-70H,15-23,26-27,29H2,1-14H3,(H,58,68)(H,65,66)/t30-,31-,32+,33+,34-,35+,40+,41-,42+,46-,47+,48-,49-,50+,53?,55-,56-,57-/m1/s1. The third-order valence-corrected chi connectivity index (χ3v) is 16.8. The number of carbonyl (C=O) groups is 3. The minimum atomic E-state index is -2.01. The van der Waals surface area contributed by atoms with Gasteiger partial charge in [-0.2, -0.15) is 0 Å². The van der Waals surface area contributed by atoms with Crippen LogP contribution in [0, 0.1) is 23.7 Å². The van der Waals surface area contributed by atoms with E-state index in [9.17, 15) is 44.7 Å². The van der Waals surface area contributed by atoms with Gasteiger partial charge in [0, 0.05) is 75.7 Å². The summed E-state index contributed by atoms with van der Waals surface area (Å²) in [4.78, 5) is 60.1. The zero-order valence-electron chi connectivity index (χ0n) is 49.2. The van der Waals surface area contributed by atoms with Gasteiger partial charge in [-0.05, 0) is 111 Å². The summed E-state index contributed by atoms with van der Waals surface area (Å²) in [5.41, 5.74) is -2.83. The van der Waals surface area contributed by atoms with Crippen LogP contribution in [0.4, 0.5) is 4.79 Å². The molecular weight excluding hydrogens is 1040 g/mol. The molecule has 2 aromatic rings. The van der Waals surface area contributed by atoms with Crippen LogP contribution < -0.4 is 10.7 Å². The minimum Gasteiger partial charge on any atom is -0.477 e. The van der Waals surface area contributed by atoms with Crippen LogP contribution >= 0.6 is 0 Å². The second-order valence-electron chi connectivity index (χ2n) is 23.4. The minimum absolute atomic E-state index is 0.0153. The molecule has 23 nitrogen and oxygen atoms in total. The highest BCUT2D eigenvalue weighted by molar-refractivity contribution is 5.94. The van der Waals surface area contributed by atoms with Gasteiger partial charge in [0.1, 0.15) is 29.0 Å². The Morgan fingerprint density at radius 1 is 0.950 bits per heavy atom. The number of ether oxygens (including phenoxy) is 9.